The van der Waals surface area contributed by atoms with E-state index >= 15 is 0 Å². The van der Waals surface area contributed by atoms with Gasteiger partial charge in [0.05, 0.1) is 4.88 Å². The number of thiophene rings is 1. The molecule has 1 aliphatic heterocycles. The number of carbonyl (C=O) groups is 1. The van der Waals surface area contributed by atoms with E-state index in [1.165, 1.54) is 16.2 Å². The van der Waals surface area contributed by atoms with Gasteiger partial charge in [-0.2, -0.15) is 0 Å². The highest BCUT2D eigenvalue weighted by Crippen LogP contribution is 2.36. The maximum Gasteiger partial charge on any atom is 0.284 e. The first-order valence-corrected chi connectivity index (χ1v) is 5.64. The molecule has 1 aromatic heterocycles. The molecule has 5 heteroatoms. The molecule has 0 aromatic carbocycles. The van der Waals surface area contributed by atoms with Gasteiger partial charge in [0, 0.05) is 23.4 Å². The van der Waals surface area contributed by atoms with Gasteiger partial charge in [-0.1, -0.05) is 13.8 Å². The second-order valence-electron chi connectivity index (χ2n) is 4.39. The summed E-state index contributed by atoms with van der Waals surface area (Å²) in [5, 5.41) is 11.9. The van der Waals surface area contributed by atoms with Gasteiger partial charge in [-0.15, -0.1) is 11.3 Å². The van der Waals surface area contributed by atoms with Gasteiger partial charge in [0.15, 0.2) is 0 Å². The SMILES string of the molecule is CC1(C)CNCc2cc(C(=O)NO)sc21. The van der Waals surface area contributed by atoms with Crippen molar-refractivity contribution in [2.24, 2.45) is 0 Å². The first-order valence-electron chi connectivity index (χ1n) is 4.83. The Labute approximate surface area is 92.3 Å². The Hall–Kier alpha value is -0.910. The fraction of sp³-hybridized carbons (Fsp3) is 0.500. The number of amides is 1. The average molecular weight is 226 g/mol. The van der Waals surface area contributed by atoms with Gasteiger partial charge in [0.2, 0.25) is 0 Å². The molecule has 0 atom stereocenters. The Bertz CT molecular complexity index is 398. The van der Waals surface area contributed by atoms with Crippen LogP contribution in [0.5, 0.6) is 0 Å². The maximum absolute atomic E-state index is 11.3. The van der Waals surface area contributed by atoms with E-state index in [0.29, 0.717) is 4.88 Å². The van der Waals surface area contributed by atoms with Crippen molar-refractivity contribution >= 4 is 17.2 Å². The lowest BCUT2D eigenvalue weighted by atomic mass is 9.86. The minimum atomic E-state index is -0.426. The lowest BCUT2D eigenvalue weighted by molar-refractivity contribution is 0.0711. The summed E-state index contributed by atoms with van der Waals surface area (Å²) in [4.78, 5) is 13.1. The Morgan fingerprint density at radius 1 is 1.67 bits per heavy atom. The zero-order valence-corrected chi connectivity index (χ0v) is 9.57. The van der Waals surface area contributed by atoms with Gasteiger partial charge in [-0.3, -0.25) is 10.0 Å². The number of hydrogen-bond acceptors (Lipinski definition) is 4. The lowest BCUT2D eigenvalue weighted by Gasteiger charge is -2.30. The molecule has 82 valence electrons. The minimum absolute atomic E-state index is 0.0617. The van der Waals surface area contributed by atoms with Crippen LogP contribution in [0.1, 0.15) is 34.0 Å². The molecular weight excluding hydrogens is 212 g/mol. The highest BCUT2D eigenvalue weighted by molar-refractivity contribution is 7.14. The van der Waals surface area contributed by atoms with Gasteiger partial charge >= 0.3 is 0 Å². The van der Waals surface area contributed by atoms with E-state index in [9.17, 15) is 4.79 Å². The molecule has 0 bridgehead atoms. The van der Waals surface area contributed by atoms with Crippen molar-refractivity contribution in [3.8, 4) is 0 Å². The Balaban J connectivity index is 2.42. The molecule has 1 amide bonds. The van der Waals surface area contributed by atoms with E-state index in [4.69, 9.17) is 5.21 Å². The Morgan fingerprint density at radius 2 is 2.40 bits per heavy atom. The molecule has 1 aromatic rings. The van der Waals surface area contributed by atoms with Crippen LogP contribution in [0.3, 0.4) is 0 Å². The topological polar surface area (TPSA) is 61.4 Å². The van der Waals surface area contributed by atoms with Crippen LogP contribution in [0.25, 0.3) is 0 Å². The van der Waals surface area contributed by atoms with Gasteiger partial charge < -0.3 is 5.32 Å². The quantitative estimate of drug-likeness (QED) is 0.499. The predicted molar refractivity (Wildman–Crippen MR) is 58.3 cm³/mol. The molecule has 15 heavy (non-hydrogen) atoms. The summed E-state index contributed by atoms with van der Waals surface area (Å²) in [7, 11) is 0. The van der Waals surface area contributed by atoms with Crippen LogP contribution in [0.2, 0.25) is 0 Å². The van der Waals surface area contributed by atoms with Crippen LogP contribution in [0, 0.1) is 0 Å². The van der Waals surface area contributed by atoms with Crippen LogP contribution in [-0.4, -0.2) is 17.7 Å². The van der Waals surface area contributed by atoms with Gasteiger partial charge in [-0.25, -0.2) is 5.48 Å². The zero-order chi connectivity index (χ0) is 11.1. The predicted octanol–water partition coefficient (Wildman–Crippen LogP) is 1.25. The standard InChI is InChI=1S/C10H14N2O2S/c1-10(2)5-11-4-6-3-7(9(13)12-14)15-8(6)10/h3,11,14H,4-5H2,1-2H3,(H,12,13). The van der Waals surface area contributed by atoms with Crippen LogP contribution in [0.4, 0.5) is 0 Å². The van der Waals surface area contributed by atoms with E-state index in [1.807, 2.05) is 6.07 Å². The summed E-state index contributed by atoms with van der Waals surface area (Å²) >= 11 is 1.46. The van der Waals surface area contributed by atoms with Crippen LogP contribution in [0.15, 0.2) is 6.07 Å². The maximum atomic E-state index is 11.3. The van der Waals surface area contributed by atoms with E-state index in [1.54, 1.807) is 5.48 Å². The summed E-state index contributed by atoms with van der Waals surface area (Å²) in [6.45, 7) is 6.01. The van der Waals surface area contributed by atoms with Crippen molar-refractivity contribution in [3.63, 3.8) is 0 Å². The molecule has 0 saturated heterocycles. The normalized spacial score (nSPS) is 18.3. The van der Waals surface area contributed by atoms with Crippen LogP contribution in [-0.2, 0) is 12.0 Å². The molecular formula is C10H14N2O2S. The summed E-state index contributed by atoms with van der Waals surface area (Å²) in [6.07, 6.45) is 0. The summed E-state index contributed by atoms with van der Waals surface area (Å²) in [6, 6.07) is 1.85. The van der Waals surface area contributed by atoms with Crippen molar-refractivity contribution < 1.29 is 10.0 Å². The third-order valence-electron chi connectivity index (χ3n) is 2.63. The summed E-state index contributed by atoms with van der Waals surface area (Å²) in [5.41, 5.74) is 2.89. The number of hydrogen-bond donors (Lipinski definition) is 3. The fourth-order valence-corrected chi connectivity index (χ4v) is 3.06. The second kappa shape index (κ2) is 3.59. The molecule has 4 nitrogen and oxygen atoms in total. The first kappa shape index (κ1) is 10.6. The smallest absolute Gasteiger partial charge is 0.284 e. The zero-order valence-electron chi connectivity index (χ0n) is 8.76. The molecule has 0 fully saturated rings. The van der Waals surface area contributed by atoms with Gasteiger partial charge in [0.1, 0.15) is 0 Å². The van der Waals surface area contributed by atoms with Crippen molar-refractivity contribution in [1.29, 1.82) is 0 Å². The van der Waals surface area contributed by atoms with E-state index in [-0.39, 0.29) is 5.41 Å². The molecule has 2 heterocycles. The van der Waals surface area contributed by atoms with Crippen molar-refractivity contribution in [3.05, 3.63) is 21.4 Å². The summed E-state index contributed by atoms with van der Waals surface area (Å²) < 4.78 is 0. The second-order valence-corrected chi connectivity index (χ2v) is 5.45. The van der Waals surface area contributed by atoms with E-state index < -0.39 is 5.91 Å². The van der Waals surface area contributed by atoms with Crippen molar-refractivity contribution in [2.45, 2.75) is 25.8 Å². The van der Waals surface area contributed by atoms with Gasteiger partial charge in [0.25, 0.3) is 5.91 Å². The van der Waals surface area contributed by atoms with Crippen molar-refractivity contribution in [2.75, 3.05) is 6.54 Å². The number of rotatable bonds is 1. The summed E-state index contributed by atoms with van der Waals surface area (Å²) in [5.74, 6) is -0.426. The molecule has 0 spiro atoms. The Kier molecular flexibility index (Phi) is 2.54. The minimum Gasteiger partial charge on any atom is -0.312 e. The number of carbonyl (C=O) groups excluding carboxylic acids is 1. The molecule has 1 aliphatic rings. The first-order chi connectivity index (χ1) is 7.04. The fourth-order valence-electron chi connectivity index (χ4n) is 1.89. The average Bonchev–Trinajstić information content (AvgIpc) is 2.61. The lowest BCUT2D eigenvalue weighted by Crippen LogP contribution is -2.37. The number of nitrogens with one attached hydrogen (secondary N) is 2. The number of fused-ring (bicyclic) bond motifs is 1. The largest absolute Gasteiger partial charge is 0.312 e. The molecule has 2 rings (SSSR count). The molecule has 0 radical (unpaired) electrons. The highest BCUT2D eigenvalue weighted by Gasteiger charge is 2.30. The third kappa shape index (κ3) is 1.78. The van der Waals surface area contributed by atoms with Gasteiger partial charge in [-0.05, 0) is 11.6 Å². The van der Waals surface area contributed by atoms with E-state index in [0.717, 1.165) is 18.7 Å². The monoisotopic (exact) mass is 226 g/mol. The van der Waals surface area contributed by atoms with Crippen LogP contribution < -0.4 is 10.8 Å². The number of hydroxylamine groups is 1. The highest BCUT2D eigenvalue weighted by atomic mass is 32.1. The van der Waals surface area contributed by atoms with E-state index in [2.05, 4.69) is 19.2 Å². The molecule has 3 N–H and O–H groups in total. The molecule has 0 saturated carbocycles. The van der Waals surface area contributed by atoms with Crippen molar-refractivity contribution in [1.82, 2.24) is 10.8 Å². The van der Waals surface area contributed by atoms with Crippen LogP contribution >= 0.6 is 11.3 Å². The Morgan fingerprint density at radius 3 is 3.00 bits per heavy atom. The molecule has 0 unspecified atom stereocenters. The third-order valence-corrected chi connectivity index (χ3v) is 4.17. The molecule has 0 aliphatic carbocycles.